The lowest BCUT2D eigenvalue weighted by Gasteiger charge is -2.22. The maximum atomic E-state index is 11.7. The third kappa shape index (κ3) is 6.13. The van der Waals surface area contributed by atoms with Gasteiger partial charge in [0.2, 0.25) is 5.91 Å². The predicted octanol–water partition coefficient (Wildman–Crippen LogP) is 1.94. The van der Waals surface area contributed by atoms with Crippen LogP contribution < -0.4 is 5.32 Å². The number of hydrogen-bond acceptors (Lipinski definition) is 4. The lowest BCUT2D eigenvalue weighted by atomic mass is 10.2. The van der Waals surface area contributed by atoms with Crippen LogP contribution in [-0.2, 0) is 14.3 Å². The molecule has 0 aliphatic heterocycles. The summed E-state index contributed by atoms with van der Waals surface area (Å²) < 4.78 is 5.18. The molecule has 1 heterocycles. The number of hydrogen-bond donors (Lipinski definition) is 1. The average molecular weight is 276 g/mol. The molecule has 0 radical (unpaired) electrons. The molecular weight excluding hydrogens is 256 g/mol. The average Bonchev–Trinajstić information content (AvgIpc) is 2.35. The third-order valence-corrected chi connectivity index (χ3v) is 2.23. The summed E-state index contributed by atoms with van der Waals surface area (Å²) in [5.74, 6) is -0.812. The molecule has 1 atom stereocenters. The molecule has 1 aromatic heterocycles. The molecular formula is C15H20N2O3. The van der Waals surface area contributed by atoms with Crippen LogP contribution >= 0.6 is 0 Å². The Bertz CT molecular complexity index is 490. The summed E-state index contributed by atoms with van der Waals surface area (Å²) in [6, 6.07) is 2.91. The van der Waals surface area contributed by atoms with E-state index in [0.717, 1.165) is 5.56 Å². The summed E-state index contributed by atoms with van der Waals surface area (Å²) in [6.07, 6.45) is 6.28. The van der Waals surface area contributed by atoms with E-state index in [1.165, 1.54) is 6.08 Å². The first-order valence-electron chi connectivity index (χ1n) is 6.39. The highest BCUT2D eigenvalue weighted by Gasteiger charge is 2.22. The number of carbonyl (C=O) groups excluding carboxylic acids is 2. The topological polar surface area (TPSA) is 68.3 Å². The van der Waals surface area contributed by atoms with E-state index < -0.39 is 17.6 Å². The van der Waals surface area contributed by atoms with Crippen LogP contribution in [0, 0.1) is 0 Å². The van der Waals surface area contributed by atoms with Crippen molar-refractivity contribution in [1.29, 1.82) is 0 Å². The number of ether oxygens (including phenoxy) is 1. The van der Waals surface area contributed by atoms with Gasteiger partial charge in [-0.3, -0.25) is 9.78 Å². The van der Waals surface area contributed by atoms with Gasteiger partial charge in [-0.25, -0.2) is 4.79 Å². The largest absolute Gasteiger partial charge is 0.458 e. The highest BCUT2D eigenvalue weighted by Crippen LogP contribution is 2.08. The van der Waals surface area contributed by atoms with Gasteiger partial charge in [0, 0.05) is 18.5 Å². The van der Waals surface area contributed by atoms with E-state index in [1.54, 1.807) is 52.2 Å². The van der Waals surface area contributed by atoms with Gasteiger partial charge >= 0.3 is 5.97 Å². The van der Waals surface area contributed by atoms with E-state index in [9.17, 15) is 9.59 Å². The minimum atomic E-state index is -0.694. The lowest BCUT2D eigenvalue weighted by Crippen LogP contribution is -2.41. The molecule has 0 spiro atoms. The monoisotopic (exact) mass is 276 g/mol. The number of nitrogens with zero attached hydrogens (tertiary/aromatic N) is 1. The van der Waals surface area contributed by atoms with Crippen molar-refractivity contribution >= 4 is 18.0 Å². The van der Waals surface area contributed by atoms with Crippen LogP contribution in [0.3, 0.4) is 0 Å². The predicted molar refractivity (Wildman–Crippen MR) is 76.7 cm³/mol. The Morgan fingerprint density at radius 1 is 1.40 bits per heavy atom. The second-order valence-corrected chi connectivity index (χ2v) is 5.38. The molecule has 0 fully saturated rings. The summed E-state index contributed by atoms with van der Waals surface area (Å²) in [7, 11) is 0. The second-order valence-electron chi connectivity index (χ2n) is 5.38. The molecule has 1 aromatic rings. The maximum Gasteiger partial charge on any atom is 0.328 e. The van der Waals surface area contributed by atoms with E-state index >= 15 is 0 Å². The van der Waals surface area contributed by atoms with Gasteiger partial charge in [0.25, 0.3) is 0 Å². The Morgan fingerprint density at radius 3 is 2.65 bits per heavy atom. The smallest absolute Gasteiger partial charge is 0.328 e. The minimum absolute atomic E-state index is 0.354. The van der Waals surface area contributed by atoms with Gasteiger partial charge < -0.3 is 10.1 Å². The van der Waals surface area contributed by atoms with Crippen LogP contribution in [0.15, 0.2) is 30.6 Å². The highest BCUT2D eigenvalue weighted by atomic mass is 16.6. The third-order valence-electron chi connectivity index (χ3n) is 2.23. The Kier molecular flexibility index (Phi) is 5.43. The normalized spacial score (nSPS) is 13.0. The highest BCUT2D eigenvalue weighted by molar-refractivity contribution is 5.94. The summed E-state index contributed by atoms with van der Waals surface area (Å²) in [5, 5.41) is 2.55. The Morgan fingerprint density at radius 2 is 2.10 bits per heavy atom. The van der Waals surface area contributed by atoms with Gasteiger partial charge in [-0.2, -0.15) is 0 Å². The number of pyridine rings is 1. The van der Waals surface area contributed by atoms with Gasteiger partial charge in [-0.15, -0.1) is 0 Å². The molecule has 0 saturated carbocycles. The summed E-state index contributed by atoms with van der Waals surface area (Å²) in [5.41, 5.74) is 0.245. The number of aromatic nitrogens is 1. The molecule has 5 nitrogen and oxygen atoms in total. The van der Waals surface area contributed by atoms with Crippen molar-refractivity contribution in [3.8, 4) is 0 Å². The Balaban J connectivity index is 2.50. The number of nitrogens with one attached hydrogen (secondary N) is 1. The summed E-state index contributed by atoms with van der Waals surface area (Å²) >= 11 is 0. The maximum absolute atomic E-state index is 11.7. The van der Waals surface area contributed by atoms with Gasteiger partial charge in [0.05, 0.1) is 0 Å². The molecule has 0 saturated heterocycles. The van der Waals surface area contributed by atoms with Gasteiger partial charge in [0.1, 0.15) is 11.6 Å². The Hall–Kier alpha value is -2.17. The molecule has 0 aliphatic rings. The van der Waals surface area contributed by atoms with Crippen LogP contribution in [0.1, 0.15) is 33.3 Å². The molecule has 0 aromatic carbocycles. The molecule has 0 unspecified atom stereocenters. The molecule has 1 amide bonds. The van der Waals surface area contributed by atoms with Crippen molar-refractivity contribution in [3.63, 3.8) is 0 Å². The van der Waals surface area contributed by atoms with Gasteiger partial charge in [-0.05, 0) is 45.4 Å². The van der Waals surface area contributed by atoms with E-state index in [2.05, 4.69) is 10.3 Å². The van der Waals surface area contributed by atoms with E-state index in [-0.39, 0.29) is 5.91 Å². The van der Waals surface area contributed by atoms with Crippen LogP contribution in [-0.4, -0.2) is 28.5 Å². The first-order chi connectivity index (χ1) is 9.28. The fourth-order valence-corrected chi connectivity index (χ4v) is 1.36. The quantitative estimate of drug-likeness (QED) is 0.674. The fraction of sp³-hybridized carbons (Fsp3) is 0.400. The lowest BCUT2D eigenvalue weighted by molar-refractivity contribution is -0.157. The van der Waals surface area contributed by atoms with Crippen LogP contribution in [0.25, 0.3) is 6.08 Å². The molecule has 1 N–H and O–H groups in total. The number of amides is 1. The van der Waals surface area contributed by atoms with Crippen molar-refractivity contribution in [3.05, 3.63) is 36.2 Å². The van der Waals surface area contributed by atoms with Gasteiger partial charge in [-0.1, -0.05) is 6.07 Å². The molecule has 108 valence electrons. The Labute approximate surface area is 119 Å². The van der Waals surface area contributed by atoms with Crippen LogP contribution in [0.5, 0.6) is 0 Å². The van der Waals surface area contributed by atoms with Crippen molar-refractivity contribution in [2.75, 3.05) is 0 Å². The first-order valence-corrected chi connectivity index (χ1v) is 6.39. The zero-order chi connectivity index (χ0) is 15.2. The summed E-state index contributed by atoms with van der Waals surface area (Å²) in [4.78, 5) is 27.3. The fourth-order valence-electron chi connectivity index (χ4n) is 1.36. The van der Waals surface area contributed by atoms with Crippen molar-refractivity contribution in [2.24, 2.45) is 0 Å². The zero-order valence-corrected chi connectivity index (χ0v) is 12.2. The number of esters is 1. The molecule has 0 aliphatic carbocycles. The number of rotatable bonds is 4. The van der Waals surface area contributed by atoms with Crippen molar-refractivity contribution in [2.45, 2.75) is 39.3 Å². The van der Waals surface area contributed by atoms with E-state index in [1.807, 2.05) is 6.07 Å². The van der Waals surface area contributed by atoms with E-state index in [4.69, 9.17) is 4.74 Å². The molecule has 5 heteroatoms. The molecule has 1 rings (SSSR count). The number of carbonyl (C=O) groups is 2. The van der Waals surface area contributed by atoms with Crippen LogP contribution in [0.4, 0.5) is 0 Å². The molecule has 0 bridgehead atoms. The standard InChI is InChI=1S/C15H20N2O3/c1-11(14(19)20-15(2,3)4)17-13(18)8-7-12-6-5-9-16-10-12/h5-11H,1-4H3,(H,17,18)/b8-7+/t11-/m1/s1. The second kappa shape index (κ2) is 6.84. The molecule has 20 heavy (non-hydrogen) atoms. The van der Waals surface area contributed by atoms with Crippen molar-refractivity contribution < 1.29 is 14.3 Å². The SMILES string of the molecule is C[C@@H](NC(=O)/C=C/c1cccnc1)C(=O)OC(C)(C)C. The first kappa shape index (κ1) is 15.9. The van der Waals surface area contributed by atoms with Crippen LogP contribution in [0.2, 0.25) is 0 Å². The van der Waals surface area contributed by atoms with Gasteiger partial charge in [0.15, 0.2) is 0 Å². The van der Waals surface area contributed by atoms with Crippen molar-refractivity contribution in [1.82, 2.24) is 10.3 Å². The zero-order valence-electron chi connectivity index (χ0n) is 12.2. The van der Waals surface area contributed by atoms with E-state index in [0.29, 0.717) is 0 Å². The summed E-state index contributed by atoms with van der Waals surface area (Å²) in [6.45, 7) is 6.93. The minimum Gasteiger partial charge on any atom is -0.458 e.